The van der Waals surface area contributed by atoms with E-state index in [1.807, 2.05) is 13.0 Å². The number of rotatable bonds is 5. The van der Waals surface area contributed by atoms with Gasteiger partial charge in [0, 0.05) is 5.69 Å². The van der Waals surface area contributed by atoms with Crippen molar-refractivity contribution < 1.29 is 14.7 Å². The van der Waals surface area contributed by atoms with Gasteiger partial charge in [-0.3, -0.25) is 4.79 Å². The van der Waals surface area contributed by atoms with Crippen molar-refractivity contribution in [2.75, 3.05) is 18.4 Å². The molecule has 0 saturated carbocycles. The van der Waals surface area contributed by atoms with E-state index < -0.39 is 17.9 Å². The second kappa shape index (κ2) is 8.00. The summed E-state index contributed by atoms with van der Waals surface area (Å²) in [5.41, 5.74) is 7.59. The van der Waals surface area contributed by atoms with Crippen LogP contribution in [0, 0.1) is 18.8 Å². The van der Waals surface area contributed by atoms with Crippen LogP contribution in [0.2, 0.25) is 0 Å². The van der Waals surface area contributed by atoms with Gasteiger partial charge in [0.2, 0.25) is 0 Å². The van der Waals surface area contributed by atoms with Crippen LogP contribution in [0.25, 0.3) is 0 Å². The Morgan fingerprint density at radius 2 is 2.18 bits per heavy atom. The zero-order valence-electron chi connectivity index (χ0n) is 12.5. The summed E-state index contributed by atoms with van der Waals surface area (Å²) >= 11 is 0. The van der Waals surface area contributed by atoms with E-state index >= 15 is 0 Å². The molecule has 1 fully saturated rings. The number of halogens is 1. The maximum absolute atomic E-state index is 11.5. The number of carboxylic acids is 1. The fraction of sp³-hybridized carbons (Fsp3) is 0.467. The first-order valence-electron chi connectivity index (χ1n) is 7.06. The molecule has 2 amide bonds. The van der Waals surface area contributed by atoms with Crippen molar-refractivity contribution in [3.05, 3.63) is 29.3 Å². The molecule has 6 nitrogen and oxygen atoms in total. The van der Waals surface area contributed by atoms with Gasteiger partial charge in [-0.05, 0) is 62.0 Å². The molecule has 1 aliphatic rings. The first-order chi connectivity index (χ1) is 9.95. The number of amides is 2. The number of anilines is 1. The third-order valence-electron chi connectivity index (χ3n) is 3.84. The Morgan fingerprint density at radius 3 is 2.73 bits per heavy atom. The fourth-order valence-electron chi connectivity index (χ4n) is 2.92. The number of hydrogen-bond acceptors (Lipinski definition) is 3. The Kier molecular flexibility index (Phi) is 6.64. The third kappa shape index (κ3) is 4.89. The number of urea groups is 1. The maximum Gasteiger partial charge on any atom is 0.316 e. The van der Waals surface area contributed by atoms with Crippen LogP contribution in [-0.4, -0.2) is 30.2 Å². The van der Waals surface area contributed by atoms with Crippen molar-refractivity contribution in [2.45, 2.75) is 19.8 Å². The van der Waals surface area contributed by atoms with Crippen molar-refractivity contribution in [3.8, 4) is 0 Å². The topological polar surface area (TPSA) is 104 Å². The van der Waals surface area contributed by atoms with E-state index in [0.29, 0.717) is 12.1 Å². The van der Waals surface area contributed by atoms with Gasteiger partial charge in [-0.15, -0.1) is 12.4 Å². The van der Waals surface area contributed by atoms with E-state index in [2.05, 4.69) is 10.6 Å². The molecule has 1 aromatic carbocycles. The molecule has 1 aromatic rings. The molecule has 2 rings (SSSR count). The lowest BCUT2D eigenvalue weighted by molar-refractivity contribution is -0.143. The van der Waals surface area contributed by atoms with Crippen LogP contribution in [0.1, 0.15) is 17.5 Å². The van der Waals surface area contributed by atoms with Gasteiger partial charge < -0.3 is 21.5 Å². The highest BCUT2D eigenvalue weighted by Crippen LogP contribution is 2.25. The average molecular weight is 328 g/mol. The van der Waals surface area contributed by atoms with Gasteiger partial charge in [-0.2, -0.15) is 0 Å². The monoisotopic (exact) mass is 327 g/mol. The number of nitrogens with two attached hydrogens (primary N) is 1. The molecule has 5 N–H and O–H groups in total. The number of aryl methyl sites for hydroxylation is 1. The Hall–Kier alpha value is -1.79. The van der Waals surface area contributed by atoms with Crippen LogP contribution in [-0.2, 0) is 11.2 Å². The summed E-state index contributed by atoms with van der Waals surface area (Å²) in [5, 5.41) is 15.2. The summed E-state index contributed by atoms with van der Waals surface area (Å²) in [5.74, 6) is -1.03. The van der Waals surface area contributed by atoms with Crippen molar-refractivity contribution >= 4 is 30.1 Å². The molecule has 1 aliphatic heterocycles. The van der Waals surface area contributed by atoms with E-state index in [4.69, 9.17) is 5.73 Å². The molecular weight excluding hydrogens is 306 g/mol. The predicted molar refractivity (Wildman–Crippen MR) is 87.4 cm³/mol. The number of carbonyl (C=O) groups excluding carboxylic acids is 1. The molecule has 0 aliphatic carbocycles. The molecule has 0 aromatic heterocycles. The number of carbonyl (C=O) groups is 2. The van der Waals surface area contributed by atoms with Crippen molar-refractivity contribution in [2.24, 2.45) is 17.6 Å². The summed E-state index contributed by atoms with van der Waals surface area (Å²) in [6, 6.07) is 4.92. The molecular formula is C15H22ClN3O3. The molecule has 0 spiro atoms. The maximum atomic E-state index is 11.5. The van der Waals surface area contributed by atoms with Gasteiger partial charge in [0.05, 0.1) is 5.92 Å². The number of carboxylic acid groups (broad SMARTS) is 1. The van der Waals surface area contributed by atoms with Crippen molar-refractivity contribution in [1.82, 2.24) is 5.32 Å². The Bertz CT molecular complexity index is 545. The van der Waals surface area contributed by atoms with Crippen LogP contribution in [0.4, 0.5) is 10.5 Å². The van der Waals surface area contributed by atoms with Crippen LogP contribution in [0.3, 0.4) is 0 Å². The molecule has 0 radical (unpaired) electrons. The van der Waals surface area contributed by atoms with Gasteiger partial charge in [0.15, 0.2) is 0 Å². The molecule has 2 atom stereocenters. The zero-order chi connectivity index (χ0) is 15.4. The molecule has 22 heavy (non-hydrogen) atoms. The van der Waals surface area contributed by atoms with E-state index in [0.717, 1.165) is 30.6 Å². The highest BCUT2D eigenvalue weighted by molar-refractivity contribution is 5.88. The highest BCUT2D eigenvalue weighted by atomic mass is 35.5. The number of hydrogen-bond donors (Lipinski definition) is 4. The lowest BCUT2D eigenvalue weighted by Crippen LogP contribution is -2.27. The SMILES string of the molecule is Cc1cc(C[C@H](C(=O)O)[C@H]2CCNC2)cc(NC(N)=O)c1.Cl. The van der Waals surface area contributed by atoms with Crippen LogP contribution < -0.4 is 16.4 Å². The lowest BCUT2D eigenvalue weighted by atomic mass is 9.86. The first-order valence-corrected chi connectivity index (χ1v) is 7.06. The molecule has 7 heteroatoms. The van der Waals surface area contributed by atoms with Gasteiger partial charge in [0.25, 0.3) is 0 Å². The third-order valence-corrected chi connectivity index (χ3v) is 3.84. The number of aliphatic carboxylic acids is 1. The summed E-state index contributed by atoms with van der Waals surface area (Å²) in [4.78, 5) is 22.5. The van der Waals surface area contributed by atoms with Gasteiger partial charge >= 0.3 is 12.0 Å². The van der Waals surface area contributed by atoms with E-state index in [-0.39, 0.29) is 18.3 Å². The Balaban J connectivity index is 0.00000242. The summed E-state index contributed by atoms with van der Waals surface area (Å²) in [7, 11) is 0. The van der Waals surface area contributed by atoms with E-state index in [1.54, 1.807) is 12.1 Å². The van der Waals surface area contributed by atoms with Crippen LogP contribution in [0.5, 0.6) is 0 Å². The summed E-state index contributed by atoms with van der Waals surface area (Å²) in [6.45, 7) is 3.52. The van der Waals surface area contributed by atoms with Crippen LogP contribution in [0.15, 0.2) is 18.2 Å². The van der Waals surface area contributed by atoms with Crippen molar-refractivity contribution in [3.63, 3.8) is 0 Å². The standard InChI is InChI=1S/C15H21N3O3.ClH/c1-9-4-10(6-12(5-9)18-15(16)21)7-13(14(19)20)11-2-3-17-8-11;/h4-6,11,13,17H,2-3,7-8H2,1H3,(H,19,20)(H3,16,18,21);1H/t11-,13-;/m0./s1. The minimum atomic E-state index is -0.769. The molecule has 122 valence electrons. The Labute approximate surface area is 135 Å². The predicted octanol–water partition coefficient (Wildman–Crippen LogP) is 1.76. The highest BCUT2D eigenvalue weighted by Gasteiger charge is 2.30. The molecule has 1 saturated heterocycles. The normalized spacial score (nSPS) is 18.3. The quantitative estimate of drug-likeness (QED) is 0.661. The number of benzene rings is 1. The fourth-order valence-corrected chi connectivity index (χ4v) is 2.92. The number of nitrogens with one attached hydrogen (secondary N) is 2. The molecule has 1 heterocycles. The summed E-state index contributed by atoms with van der Waals surface area (Å²) < 4.78 is 0. The summed E-state index contributed by atoms with van der Waals surface area (Å²) in [6.07, 6.45) is 1.34. The zero-order valence-corrected chi connectivity index (χ0v) is 13.3. The molecule has 0 bridgehead atoms. The minimum absolute atomic E-state index is 0. The largest absolute Gasteiger partial charge is 0.481 e. The second-order valence-corrected chi connectivity index (χ2v) is 5.60. The second-order valence-electron chi connectivity index (χ2n) is 5.60. The van der Waals surface area contributed by atoms with Gasteiger partial charge in [-0.1, -0.05) is 6.07 Å². The van der Waals surface area contributed by atoms with Gasteiger partial charge in [0.1, 0.15) is 0 Å². The van der Waals surface area contributed by atoms with E-state index in [9.17, 15) is 14.7 Å². The number of primary amides is 1. The van der Waals surface area contributed by atoms with Crippen LogP contribution >= 0.6 is 12.4 Å². The molecule has 0 unspecified atom stereocenters. The smallest absolute Gasteiger partial charge is 0.316 e. The first kappa shape index (κ1) is 18.3. The minimum Gasteiger partial charge on any atom is -0.481 e. The van der Waals surface area contributed by atoms with Crippen molar-refractivity contribution in [1.29, 1.82) is 0 Å². The van der Waals surface area contributed by atoms with Gasteiger partial charge in [-0.25, -0.2) is 4.79 Å². The Morgan fingerprint density at radius 1 is 1.45 bits per heavy atom. The average Bonchev–Trinajstić information content (AvgIpc) is 2.87. The lowest BCUT2D eigenvalue weighted by Gasteiger charge is -2.19. The van der Waals surface area contributed by atoms with E-state index in [1.165, 1.54) is 0 Å².